The minimum absolute atomic E-state index is 0.151. The van der Waals surface area contributed by atoms with E-state index in [1.807, 2.05) is 6.07 Å². The molecular weight excluding hydrogens is 298 g/mol. The van der Waals surface area contributed by atoms with Gasteiger partial charge in [0.05, 0.1) is 11.6 Å². The standard InChI is InChI=1S/C16H13N3O4/c17-8-11-19(14-4-2-1-3-5-14)15(20)12-23-16(21)13-6-9-18(22)10-7-13/h1-7,9-10H,11-12H2. The molecule has 0 aliphatic rings. The van der Waals surface area contributed by atoms with Crippen LogP contribution >= 0.6 is 0 Å². The van der Waals surface area contributed by atoms with E-state index >= 15 is 0 Å². The van der Waals surface area contributed by atoms with E-state index in [4.69, 9.17) is 10.00 Å². The van der Waals surface area contributed by atoms with E-state index < -0.39 is 18.5 Å². The van der Waals surface area contributed by atoms with E-state index in [0.29, 0.717) is 10.4 Å². The number of nitriles is 1. The number of anilines is 1. The molecule has 7 heteroatoms. The zero-order chi connectivity index (χ0) is 16.7. The zero-order valence-electron chi connectivity index (χ0n) is 12.1. The molecule has 0 saturated carbocycles. The van der Waals surface area contributed by atoms with E-state index in [1.54, 1.807) is 30.3 Å². The first kappa shape index (κ1) is 16.0. The van der Waals surface area contributed by atoms with Gasteiger partial charge in [-0.25, -0.2) is 4.79 Å². The summed E-state index contributed by atoms with van der Waals surface area (Å²) in [6.45, 7) is -0.649. The Bertz CT molecular complexity index is 723. The fourth-order valence-corrected chi connectivity index (χ4v) is 1.84. The number of carbonyl (C=O) groups is 2. The second-order valence-electron chi connectivity index (χ2n) is 4.50. The van der Waals surface area contributed by atoms with Crippen LogP contribution in [0.2, 0.25) is 0 Å². The molecule has 0 saturated heterocycles. The number of para-hydroxylation sites is 1. The predicted molar refractivity (Wildman–Crippen MR) is 80.1 cm³/mol. The first-order valence-electron chi connectivity index (χ1n) is 6.70. The number of nitrogens with zero attached hydrogens (tertiary/aromatic N) is 3. The lowest BCUT2D eigenvalue weighted by molar-refractivity contribution is -0.605. The number of aromatic nitrogens is 1. The monoisotopic (exact) mass is 311 g/mol. The molecule has 0 N–H and O–H groups in total. The van der Waals surface area contributed by atoms with Crippen LogP contribution < -0.4 is 9.63 Å². The zero-order valence-corrected chi connectivity index (χ0v) is 12.1. The highest BCUT2D eigenvalue weighted by Crippen LogP contribution is 2.13. The summed E-state index contributed by atoms with van der Waals surface area (Å²) >= 11 is 0. The molecule has 2 aromatic rings. The highest BCUT2D eigenvalue weighted by Gasteiger charge is 2.18. The number of hydrogen-bond acceptors (Lipinski definition) is 5. The van der Waals surface area contributed by atoms with Gasteiger partial charge in [0.15, 0.2) is 19.0 Å². The highest BCUT2D eigenvalue weighted by atomic mass is 16.5. The van der Waals surface area contributed by atoms with Crippen LogP contribution in [-0.4, -0.2) is 25.0 Å². The molecule has 1 amide bonds. The van der Waals surface area contributed by atoms with Crippen LogP contribution in [0.3, 0.4) is 0 Å². The van der Waals surface area contributed by atoms with Gasteiger partial charge in [0.25, 0.3) is 5.91 Å². The summed E-state index contributed by atoms with van der Waals surface area (Å²) in [5.41, 5.74) is 0.707. The number of carbonyl (C=O) groups excluding carboxylic acids is 2. The van der Waals surface area contributed by atoms with Crippen molar-refractivity contribution in [3.8, 4) is 6.07 Å². The van der Waals surface area contributed by atoms with E-state index in [1.165, 1.54) is 17.0 Å². The average Bonchev–Trinajstić information content (AvgIpc) is 2.58. The molecule has 0 aliphatic carbocycles. The Hall–Kier alpha value is -3.40. The van der Waals surface area contributed by atoms with Crippen molar-refractivity contribution in [2.75, 3.05) is 18.1 Å². The normalized spacial score (nSPS) is 9.70. The highest BCUT2D eigenvalue weighted by molar-refractivity contribution is 5.97. The Kier molecular flexibility index (Phi) is 5.25. The Balaban J connectivity index is 2.01. The first-order chi connectivity index (χ1) is 11.1. The van der Waals surface area contributed by atoms with Crippen molar-refractivity contribution in [3.63, 3.8) is 0 Å². The molecule has 0 spiro atoms. The quantitative estimate of drug-likeness (QED) is 0.355. The summed E-state index contributed by atoms with van der Waals surface area (Å²) in [6.07, 6.45) is 2.31. The van der Waals surface area contributed by atoms with Gasteiger partial charge in [-0.2, -0.15) is 9.99 Å². The largest absolute Gasteiger partial charge is 0.619 e. The lowest BCUT2D eigenvalue weighted by Crippen LogP contribution is -2.35. The average molecular weight is 311 g/mol. The minimum atomic E-state index is -0.719. The second kappa shape index (κ2) is 7.56. The van der Waals surface area contributed by atoms with E-state index in [2.05, 4.69) is 0 Å². The third-order valence-electron chi connectivity index (χ3n) is 2.96. The number of benzene rings is 1. The molecule has 1 aromatic carbocycles. The van der Waals surface area contributed by atoms with Gasteiger partial charge in [-0.3, -0.25) is 9.69 Å². The Labute approximate surface area is 132 Å². The third-order valence-corrected chi connectivity index (χ3v) is 2.96. The fraction of sp³-hybridized carbons (Fsp3) is 0.125. The maximum absolute atomic E-state index is 12.2. The van der Waals surface area contributed by atoms with Gasteiger partial charge in [-0.15, -0.1) is 0 Å². The molecule has 2 rings (SSSR count). The maximum atomic E-state index is 12.2. The number of rotatable bonds is 5. The number of ether oxygens (including phenoxy) is 1. The van der Waals surface area contributed by atoms with Gasteiger partial charge in [0.1, 0.15) is 6.54 Å². The summed E-state index contributed by atoms with van der Waals surface area (Å²) in [4.78, 5) is 25.2. The van der Waals surface area contributed by atoms with Gasteiger partial charge in [0.2, 0.25) is 0 Å². The van der Waals surface area contributed by atoms with Crippen molar-refractivity contribution < 1.29 is 19.1 Å². The van der Waals surface area contributed by atoms with Crippen molar-refractivity contribution in [2.24, 2.45) is 0 Å². The van der Waals surface area contributed by atoms with Crippen molar-refractivity contribution in [3.05, 3.63) is 65.6 Å². The van der Waals surface area contributed by atoms with Crippen LogP contribution in [0.1, 0.15) is 10.4 Å². The van der Waals surface area contributed by atoms with Crippen LogP contribution in [0, 0.1) is 16.5 Å². The lowest BCUT2D eigenvalue weighted by Gasteiger charge is -2.19. The SMILES string of the molecule is N#CCN(C(=O)COC(=O)c1cc[n+]([O-])cc1)c1ccccc1. The predicted octanol–water partition coefficient (Wildman–Crippen LogP) is 1.03. The molecule has 0 fully saturated rings. The van der Waals surface area contributed by atoms with Gasteiger partial charge < -0.3 is 9.94 Å². The molecule has 0 aliphatic heterocycles. The van der Waals surface area contributed by atoms with Gasteiger partial charge >= 0.3 is 5.97 Å². The Morgan fingerprint density at radius 3 is 2.43 bits per heavy atom. The summed E-state index contributed by atoms with van der Waals surface area (Å²) in [5.74, 6) is -1.23. The Morgan fingerprint density at radius 2 is 1.83 bits per heavy atom. The summed E-state index contributed by atoms with van der Waals surface area (Å²) in [5, 5.41) is 19.7. The van der Waals surface area contributed by atoms with Crippen molar-refractivity contribution in [1.82, 2.24) is 0 Å². The van der Waals surface area contributed by atoms with Gasteiger partial charge in [0, 0.05) is 17.8 Å². The van der Waals surface area contributed by atoms with Crippen LogP contribution in [0.25, 0.3) is 0 Å². The van der Waals surface area contributed by atoms with Gasteiger partial charge in [-0.1, -0.05) is 18.2 Å². The molecule has 23 heavy (non-hydrogen) atoms. The molecule has 0 bridgehead atoms. The first-order valence-corrected chi connectivity index (χ1v) is 6.70. The minimum Gasteiger partial charge on any atom is -0.619 e. The van der Waals surface area contributed by atoms with Crippen LogP contribution in [0.15, 0.2) is 54.9 Å². The molecule has 0 radical (unpaired) electrons. The molecular formula is C16H13N3O4. The lowest BCUT2D eigenvalue weighted by atomic mass is 10.2. The second-order valence-corrected chi connectivity index (χ2v) is 4.50. The maximum Gasteiger partial charge on any atom is 0.339 e. The molecule has 7 nitrogen and oxygen atoms in total. The van der Waals surface area contributed by atoms with Crippen molar-refractivity contribution in [1.29, 1.82) is 5.26 Å². The van der Waals surface area contributed by atoms with Crippen molar-refractivity contribution in [2.45, 2.75) is 0 Å². The summed E-state index contributed by atoms with van der Waals surface area (Å²) < 4.78 is 5.46. The summed E-state index contributed by atoms with van der Waals surface area (Å²) in [6, 6.07) is 13.1. The van der Waals surface area contributed by atoms with Crippen molar-refractivity contribution >= 4 is 17.6 Å². The van der Waals surface area contributed by atoms with Crippen LogP contribution in [-0.2, 0) is 9.53 Å². The van der Waals surface area contributed by atoms with E-state index in [9.17, 15) is 14.8 Å². The van der Waals surface area contributed by atoms with Crippen LogP contribution in [0.4, 0.5) is 5.69 Å². The Morgan fingerprint density at radius 1 is 1.17 bits per heavy atom. The number of esters is 1. The van der Waals surface area contributed by atoms with E-state index in [0.717, 1.165) is 12.4 Å². The van der Waals surface area contributed by atoms with Crippen LogP contribution in [0.5, 0.6) is 0 Å². The number of hydrogen-bond donors (Lipinski definition) is 0. The fourth-order valence-electron chi connectivity index (χ4n) is 1.84. The summed E-state index contributed by atoms with van der Waals surface area (Å²) in [7, 11) is 0. The van der Waals surface area contributed by atoms with Gasteiger partial charge in [-0.05, 0) is 12.1 Å². The molecule has 0 atom stereocenters. The smallest absolute Gasteiger partial charge is 0.339 e. The number of pyridine rings is 1. The molecule has 0 unspecified atom stereocenters. The number of amides is 1. The van der Waals surface area contributed by atoms with E-state index in [-0.39, 0.29) is 12.1 Å². The molecule has 116 valence electrons. The third kappa shape index (κ3) is 4.28. The molecule has 1 aromatic heterocycles. The molecule has 1 heterocycles. The topological polar surface area (TPSA) is 97.3 Å².